The van der Waals surface area contributed by atoms with Gasteiger partial charge in [-0.1, -0.05) is 15.9 Å². The number of hydrogen-bond acceptors (Lipinski definition) is 3. The number of thiazole rings is 1. The molecule has 0 atom stereocenters. The maximum absolute atomic E-state index is 4.77. The van der Waals surface area contributed by atoms with E-state index in [1.807, 2.05) is 24.5 Å². The first-order valence-corrected chi connectivity index (χ1v) is 7.28. The molecule has 0 bridgehead atoms. The molecule has 0 unspecified atom stereocenters. The molecule has 3 rings (SSSR count). The minimum absolute atomic E-state index is 0.722. The van der Waals surface area contributed by atoms with Crippen molar-refractivity contribution < 1.29 is 0 Å². The number of rotatable bonds is 3. The Bertz CT molecular complexity index is 491. The van der Waals surface area contributed by atoms with Crippen molar-refractivity contribution in [1.82, 2.24) is 9.97 Å². The van der Waals surface area contributed by atoms with Crippen LogP contribution >= 0.6 is 27.3 Å². The SMILES string of the molecule is BrCc1sc(-c2ccncc2)nc1C1CC1. The molecule has 4 heteroatoms. The molecule has 1 saturated carbocycles. The summed E-state index contributed by atoms with van der Waals surface area (Å²) in [6.07, 6.45) is 6.25. The Morgan fingerprint density at radius 3 is 2.69 bits per heavy atom. The van der Waals surface area contributed by atoms with Gasteiger partial charge in [0.1, 0.15) is 5.01 Å². The van der Waals surface area contributed by atoms with E-state index in [0.717, 1.165) is 16.3 Å². The lowest BCUT2D eigenvalue weighted by atomic mass is 10.2. The van der Waals surface area contributed by atoms with Crippen LogP contribution in [0.1, 0.15) is 29.3 Å². The van der Waals surface area contributed by atoms with Crippen LogP contribution in [-0.4, -0.2) is 9.97 Å². The minimum atomic E-state index is 0.722. The Hall–Kier alpha value is -0.740. The van der Waals surface area contributed by atoms with E-state index >= 15 is 0 Å². The van der Waals surface area contributed by atoms with E-state index in [0.29, 0.717) is 0 Å². The number of hydrogen-bond donors (Lipinski definition) is 0. The van der Waals surface area contributed by atoms with Crippen molar-refractivity contribution in [2.24, 2.45) is 0 Å². The summed E-state index contributed by atoms with van der Waals surface area (Å²) in [6, 6.07) is 4.04. The zero-order valence-corrected chi connectivity index (χ0v) is 11.1. The lowest BCUT2D eigenvalue weighted by molar-refractivity contribution is 1.03. The second-order valence-corrected chi connectivity index (χ2v) is 5.62. The summed E-state index contributed by atoms with van der Waals surface area (Å²) in [4.78, 5) is 10.2. The Morgan fingerprint density at radius 2 is 2.06 bits per heavy atom. The summed E-state index contributed by atoms with van der Waals surface area (Å²) < 4.78 is 0. The van der Waals surface area contributed by atoms with E-state index in [4.69, 9.17) is 4.98 Å². The normalized spacial score (nSPS) is 15.3. The third-order valence-electron chi connectivity index (χ3n) is 2.74. The predicted molar refractivity (Wildman–Crippen MR) is 70.0 cm³/mol. The fraction of sp³-hybridized carbons (Fsp3) is 0.333. The molecule has 1 aliphatic rings. The highest BCUT2D eigenvalue weighted by Gasteiger charge is 2.29. The summed E-state index contributed by atoms with van der Waals surface area (Å²) in [5.74, 6) is 0.722. The number of alkyl halides is 1. The van der Waals surface area contributed by atoms with Crippen molar-refractivity contribution in [3.8, 4) is 10.6 Å². The number of halogens is 1. The van der Waals surface area contributed by atoms with E-state index in [9.17, 15) is 0 Å². The molecule has 2 aromatic heterocycles. The van der Waals surface area contributed by atoms with E-state index < -0.39 is 0 Å². The summed E-state index contributed by atoms with van der Waals surface area (Å²) in [7, 11) is 0. The number of nitrogens with zero attached hydrogens (tertiary/aromatic N) is 2. The molecular weight excluding hydrogens is 284 g/mol. The van der Waals surface area contributed by atoms with Gasteiger partial charge in [-0.05, 0) is 25.0 Å². The predicted octanol–water partition coefficient (Wildman–Crippen LogP) is 3.98. The Morgan fingerprint density at radius 1 is 1.31 bits per heavy atom. The van der Waals surface area contributed by atoms with E-state index in [2.05, 4.69) is 20.9 Å². The van der Waals surface area contributed by atoms with Crippen LogP contribution in [0.5, 0.6) is 0 Å². The van der Waals surface area contributed by atoms with E-state index in [-0.39, 0.29) is 0 Å². The summed E-state index contributed by atoms with van der Waals surface area (Å²) in [5, 5.41) is 2.04. The average Bonchev–Trinajstić information content (AvgIpc) is 3.10. The monoisotopic (exact) mass is 294 g/mol. The van der Waals surface area contributed by atoms with Gasteiger partial charge in [-0.2, -0.15) is 0 Å². The molecule has 0 spiro atoms. The minimum Gasteiger partial charge on any atom is -0.265 e. The largest absolute Gasteiger partial charge is 0.265 e. The number of aromatic nitrogens is 2. The van der Waals surface area contributed by atoms with Gasteiger partial charge in [-0.25, -0.2) is 4.98 Å². The Balaban J connectivity index is 2.02. The topological polar surface area (TPSA) is 25.8 Å². The molecule has 1 aliphatic carbocycles. The van der Waals surface area contributed by atoms with Crippen molar-refractivity contribution in [1.29, 1.82) is 0 Å². The van der Waals surface area contributed by atoms with Gasteiger partial charge in [0, 0.05) is 34.1 Å². The summed E-state index contributed by atoms with van der Waals surface area (Å²) in [5.41, 5.74) is 2.49. The lowest BCUT2D eigenvalue weighted by Crippen LogP contribution is -1.84. The number of pyridine rings is 1. The van der Waals surface area contributed by atoms with Crippen molar-refractivity contribution >= 4 is 27.3 Å². The van der Waals surface area contributed by atoms with Crippen LogP contribution in [0.25, 0.3) is 10.6 Å². The fourth-order valence-corrected chi connectivity index (χ4v) is 3.39. The zero-order chi connectivity index (χ0) is 11.0. The average molecular weight is 295 g/mol. The third-order valence-corrected chi connectivity index (χ3v) is 4.79. The molecule has 0 saturated heterocycles. The molecular formula is C12H11BrN2S. The second-order valence-electron chi connectivity index (χ2n) is 3.97. The van der Waals surface area contributed by atoms with Gasteiger partial charge >= 0.3 is 0 Å². The maximum atomic E-state index is 4.77. The first kappa shape index (κ1) is 10.4. The molecule has 2 nitrogen and oxygen atoms in total. The van der Waals surface area contributed by atoms with Gasteiger partial charge in [-0.15, -0.1) is 11.3 Å². The third kappa shape index (κ3) is 1.92. The van der Waals surface area contributed by atoms with E-state index in [1.54, 1.807) is 11.3 Å². The fourth-order valence-electron chi connectivity index (χ4n) is 1.75. The van der Waals surface area contributed by atoms with Crippen LogP contribution in [0.2, 0.25) is 0 Å². The second kappa shape index (κ2) is 4.26. The first-order chi connectivity index (χ1) is 7.88. The Labute approximate surface area is 107 Å². The van der Waals surface area contributed by atoms with Gasteiger partial charge in [0.15, 0.2) is 0 Å². The van der Waals surface area contributed by atoms with Crippen LogP contribution in [0, 0.1) is 0 Å². The van der Waals surface area contributed by atoms with Gasteiger partial charge in [0.05, 0.1) is 5.69 Å². The van der Waals surface area contributed by atoms with Crippen LogP contribution in [-0.2, 0) is 5.33 Å². The molecule has 16 heavy (non-hydrogen) atoms. The van der Waals surface area contributed by atoms with Crippen LogP contribution in [0.15, 0.2) is 24.5 Å². The highest BCUT2D eigenvalue weighted by atomic mass is 79.9. The van der Waals surface area contributed by atoms with Crippen LogP contribution < -0.4 is 0 Å². The molecule has 2 aromatic rings. The van der Waals surface area contributed by atoms with Crippen molar-refractivity contribution in [3.05, 3.63) is 35.1 Å². The standard InChI is InChI=1S/C12H11BrN2S/c13-7-10-11(8-1-2-8)15-12(16-10)9-3-5-14-6-4-9/h3-6,8H,1-2,7H2. The van der Waals surface area contributed by atoms with Crippen molar-refractivity contribution in [3.63, 3.8) is 0 Å². The van der Waals surface area contributed by atoms with Gasteiger partial charge < -0.3 is 0 Å². The smallest absolute Gasteiger partial charge is 0.124 e. The molecule has 0 aromatic carbocycles. The molecule has 0 radical (unpaired) electrons. The first-order valence-electron chi connectivity index (χ1n) is 5.34. The molecule has 82 valence electrons. The molecule has 2 heterocycles. The molecule has 1 fully saturated rings. The summed E-state index contributed by atoms with van der Waals surface area (Å²) in [6.45, 7) is 0. The highest BCUT2D eigenvalue weighted by Crippen LogP contribution is 2.44. The lowest BCUT2D eigenvalue weighted by Gasteiger charge is -1.93. The quantitative estimate of drug-likeness (QED) is 0.800. The van der Waals surface area contributed by atoms with Crippen LogP contribution in [0.4, 0.5) is 0 Å². The zero-order valence-electron chi connectivity index (χ0n) is 8.69. The van der Waals surface area contributed by atoms with Gasteiger partial charge in [0.25, 0.3) is 0 Å². The maximum Gasteiger partial charge on any atom is 0.124 e. The summed E-state index contributed by atoms with van der Waals surface area (Å²) >= 11 is 5.34. The van der Waals surface area contributed by atoms with Crippen molar-refractivity contribution in [2.75, 3.05) is 0 Å². The molecule has 0 N–H and O–H groups in total. The molecule has 0 aliphatic heterocycles. The van der Waals surface area contributed by atoms with Gasteiger partial charge in [-0.3, -0.25) is 4.98 Å². The van der Waals surface area contributed by atoms with Gasteiger partial charge in [0.2, 0.25) is 0 Å². The van der Waals surface area contributed by atoms with E-state index in [1.165, 1.54) is 29.0 Å². The Kier molecular flexibility index (Phi) is 2.77. The molecule has 0 amide bonds. The van der Waals surface area contributed by atoms with Crippen molar-refractivity contribution in [2.45, 2.75) is 24.1 Å². The van der Waals surface area contributed by atoms with Crippen LogP contribution in [0.3, 0.4) is 0 Å². The highest BCUT2D eigenvalue weighted by molar-refractivity contribution is 9.08.